The van der Waals surface area contributed by atoms with Crippen LogP contribution in [0.25, 0.3) is 22.5 Å². The molecule has 0 spiro atoms. The smallest absolute Gasteiger partial charge is 0.123 e. The largest absolute Gasteiger partial charge is 0.472 e. The average molecular weight is 307 g/mol. The molecule has 1 N–H and O–H groups in total. The maximum absolute atomic E-state index is 13.2. The Balaban J connectivity index is 1.83. The first kappa shape index (κ1) is 13.6. The van der Waals surface area contributed by atoms with Crippen molar-refractivity contribution in [1.82, 2.24) is 14.5 Å². The third-order valence-electron chi connectivity index (χ3n) is 3.76. The van der Waals surface area contributed by atoms with Crippen molar-refractivity contribution in [2.75, 3.05) is 0 Å². The topological polar surface area (TPSA) is 46.8 Å². The zero-order valence-corrected chi connectivity index (χ0v) is 12.2. The summed E-state index contributed by atoms with van der Waals surface area (Å²) in [5, 5.41) is 0. The minimum Gasteiger partial charge on any atom is -0.472 e. The molecule has 0 aliphatic carbocycles. The molecule has 0 atom stereocenters. The number of halogens is 1. The van der Waals surface area contributed by atoms with Gasteiger partial charge < -0.3 is 14.0 Å². The highest BCUT2D eigenvalue weighted by atomic mass is 19.1. The van der Waals surface area contributed by atoms with Gasteiger partial charge >= 0.3 is 0 Å². The maximum Gasteiger partial charge on any atom is 0.123 e. The van der Waals surface area contributed by atoms with E-state index >= 15 is 0 Å². The molecule has 0 saturated heterocycles. The van der Waals surface area contributed by atoms with Gasteiger partial charge in [-0.15, -0.1) is 0 Å². The monoisotopic (exact) mass is 307 g/mol. The number of aromatic amines is 1. The van der Waals surface area contributed by atoms with Crippen molar-refractivity contribution in [1.29, 1.82) is 0 Å². The van der Waals surface area contributed by atoms with Crippen LogP contribution in [0.4, 0.5) is 4.39 Å². The van der Waals surface area contributed by atoms with Crippen LogP contribution in [0.1, 0.15) is 5.56 Å². The van der Waals surface area contributed by atoms with Crippen LogP contribution in [0.5, 0.6) is 0 Å². The Kier molecular flexibility index (Phi) is 3.31. The summed E-state index contributed by atoms with van der Waals surface area (Å²) in [6.07, 6.45) is 8.98. The van der Waals surface area contributed by atoms with E-state index in [-0.39, 0.29) is 5.82 Å². The first-order valence-corrected chi connectivity index (χ1v) is 7.26. The normalized spacial score (nSPS) is 11.0. The van der Waals surface area contributed by atoms with Crippen molar-refractivity contribution < 1.29 is 8.81 Å². The predicted octanol–water partition coefficient (Wildman–Crippen LogP) is 4.33. The quantitative estimate of drug-likeness (QED) is 0.610. The molecule has 0 aliphatic rings. The average Bonchev–Trinajstić information content (AvgIpc) is 3.29. The van der Waals surface area contributed by atoms with E-state index < -0.39 is 0 Å². The van der Waals surface area contributed by atoms with E-state index in [1.807, 2.05) is 24.5 Å². The van der Waals surface area contributed by atoms with Crippen molar-refractivity contribution in [3.05, 3.63) is 79.0 Å². The van der Waals surface area contributed by atoms with Gasteiger partial charge in [0, 0.05) is 29.1 Å². The molecule has 3 aromatic heterocycles. The fourth-order valence-corrected chi connectivity index (χ4v) is 2.67. The Morgan fingerprint density at radius 1 is 1.09 bits per heavy atom. The highest BCUT2D eigenvalue weighted by Gasteiger charge is 2.16. The van der Waals surface area contributed by atoms with Crippen LogP contribution < -0.4 is 0 Å². The first-order valence-electron chi connectivity index (χ1n) is 7.26. The molecule has 114 valence electrons. The number of hydrogen-bond acceptors (Lipinski definition) is 2. The van der Waals surface area contributed by atoms with Gasteiger partial charge in [0.25, 0.3) is 0 Å². The van der Waals surface area contributed by atoms with Gasteiger partial charge in [-0.25, -0.2) is 9.37 Å². The van der Waals surface area contributed by atoms with Crippen molar-refractivity contribution in [2.45, 2.75) is 6.54 Å². The van der Waals surface area contributed by atoms with Crippen molar-refractivity contribution in [2.24, 2.45) is 0 Å². The lowest BCUT2D eigenvalue weighted by molar-refractivity contribution is 0.562. The number of benzene rings is 1. The Morgan fingerprint density at radius 3 is 2.65 bits per heavy atom. The van der Waals surface area contributed by atoms with E-state index in [1.54, 1.807) is 31.0 Å². The molecule has 0 aliphatic heterocycles. The number of aromatic nitrogens is 3. The summed E-state index contributed by atoms with van der Waals surface area (Å²) in [6, 6.07) is 10.3. The molecule has 0 amide bonds. The number of furan rings is 1. The van der Waals surface area contributed by atoms with Gasteiger partial charge in [0.2, 0.25) is 0 Å². The second kappa shape index (κ2) is 5.61. The Morgan fingerprint density at radius 2 is 1.96 bits per heavy atom. The number of rotatable bonds is 4. The summed E-state index contributed by atoms with van der Waals surface area (Å²) in [5.74, 6) is -0.255. The van der Waals surface area contributed by atoms with Crippen LogP contribution >= 0.6 is 0 Å². The van der Waals surface area contributed by atoms with Crippen LogP contribution in [-0.4, -0.2) is 14.5 Å². The molecular formula is C18H14FN3O. The van der Waals surface area contributed by atoms with Crippen molar-refractivity contribution in [3.8, 4) is 22.5 Å². The number of imidazole rings is 1. The maximum atomic E-state index is 13.2. The van der Waals surface area contributed by atoms with Gasteiger partial charge in [0.1, 0.15) is 5.82 Å². The number of H-pyrrole nitrogens is 1. The molecule has 0 bridgehead atoms. The molecule has 3 heterocycles. The summed E-state index contributed by atoms with van der Waals surface area (Å²) in [7, 11) is 0. The minimum atomic E-state index is -0.255. The molecule has 0 saturated carbocycles. The summed E-state index contributed by atoms with van der Waals surface area (Å²) in [6.45, 7) is 0.658. The van der Waals surface area contributed by atoms with Gasteiger partial charge in [0.15, 0.2) is 0 Å². The third kappa shape index (κ3) is 2.57. The second-order valence-electron chi connectivity index (χ2n) is 5.31. The molecule has 0 fully saturated rings. The van der Waals surface area contributed by atoms with Gasteiger partial charge in [-0.05, 0) is 36.4 Å². The molecular weight excluding hydrogens is 293 g/mol. The summed E-state index contributed by atoms with van der Waals surface area (Å²) in [5.41, 5.74) is 4.79. The fraction of sp³-hybridized carbons (Fsp3) is 0.0556. The number of nitrogens with zero attached hydrogens (tertiary/aromatic N) is 2. The lowest BCUT2D eigenvalue weighted by Crippen LogP contribution is -1.99. The lowest BCUT2D eigenvalue weighted by atomic mass is 10.1. The van der Waals surface area contributed by atoms with E-state index in [0.29, 0.717) is 6.54 Å². The van der Waals surface area contributed by atoms with Crippen LogP contribution in [-0.2, 0) is 6.54 Å². The molecule has 4 nitrogen and oxygen atoms in total. The van der Waals surface area contributed by atoms with Gasteiger partial charge in [0.05, 0.1) is 36.8 Å². The molecule has 5 heteroatoms. The summed E-state index contributed by atoms with van der Waals surface area (Å²) < 4.78 is 20.4. The zero-order chi connectivity index (χ0) is 15.6. The summed E-state index contributed by atoms with van der Waals surface area (Å²) in [4.78, 5) is 7.62. The Labute approximate surface area is 132 Å². The van der Waals surface area contributed by atoms with E-state index in [4.69, 9.17) is 4.42 Å². The van der Waals surface area contributed by atoms with Crippen LogP contribution in [0, 0.1) is 5.82 Å². The lowest BCUT2D eigenvalue weighted by Gasteiger charge is -2.08. The second-order valence-corrected chi connectivity index (χ2v) is 5.31. The molecule has 0 radical (unpaired) electrons. The molecule has 1 aromatic carbocycles. The van der Waals surface area contributed by atoms with Gasteiger partial charge in [-0.1, -0.05) is 0 Å². The Hall–Kier alpha value is -3.08. The first-order chi connectivity index (χ1) is 11.3. The third-order valence-corrected chi connectivity index (χ3v) is 3.76. The number of hydrogen-bond donors (Lipinski definition) is 1. The Bertz CT molecular complexity index is 891. The zero-order valence-electron chi connectivity index (χ0n) is 12.2. The van der Waals surface area contributed by atoms with Crippen LogP contribution in [0.2, 0.25) is 0 Å². The van der Waals surface area contributed by atoms with Crippen molar-refractivity contribution >= 4 is 0 Å². The van der Waals surface area contributed by atoms with Crippen molar-refractivity contribution in [3.63, 3.8) is 0 Å². The molecule has 0 unspecified atom stereocenters. The highest BCUT2D eigenvalue weighted by Crippen LogP contribution is 2.31. The van der Waals surface area contributed by atoms with Crippen LogP contribution in [0.15, 0.2) is 72.1 Å². The molecule has 23 heavy (non-hydrogen) atoms. The molecule has 4 aromatic rings. The van der Waals surface area contributed by atoms with Gasteiger partial charge in [-0.2, -0.15) is 0 Å². The summed E-state index contributed by atoms with van der Waals surface area (Å²) >= 11 is 0. The minimum absolute atomic E-state index is 0.255. The fourth-order valence-electron chi connectivity index (χ4n) is 2.67. The van der Waals surface area contributed by atoms with Crippen LogP contribution in [0.3, 0.4) is 0 Å². The molecule has 4 rings (SSSR count). The van der Waals surface area contributed by atoms with E-state index in [0.717, 1.165) is 28.1 Å². The standard InChI is InChI=1S/C18H14FN3O/c19-16-3-1-14(2-4-16)17-18(15-5-7-20-9-15)22(12-21-17)10-13-6-8-23-11-13/h1-9,11-12,20H,10H2. The van der Waals surface area contributed by atoms with E-state index in [2.05, 4.69) is 14.5 Å². The number of nitrogens with one attached hydrogen (secondary N) is 1. The predicted molar refractivity (Wildman–Crippen MR) is 85.2 cm³/mol. The SMILES string of the molecule is Fc1ccc(-c2ncn(Cc3ccoc3)c2-c2cc[nH]c2)cc1. The van der Waals surface area contributed by atoms with E-state index in [9.17, 15) is 4.39 Å². The van der Waals surface area contributed by atoms with Gasteiger partial charge in [-0.3, -0.25) is 0 Å². The highest BCUT2D eigenvalue weighted by molar-refractivity contribution is 5.78. The van der Waals surface area contributed by atoms with E-state index in [1.165, 1.54) is 12.1 Å².